The van der Waals surface area contributed by atoms with Crippen LogP contribution in [0.1, 0.15) is 39.0 Å². The van der Waals surface area contributed by atoms with Gasteiger partial charge in [-0.2, -0.15) is 0 Å². The summed E-state index contributed by atoms with van der Waals surface area (Å²) in [6.45, 7) is 3.87. The molecule has 2 N–H and O–H groups in total. The van der Waals surface area contributed by atoms with Gasteiger partial charge < -0.3 is 15.2 Å². The molecule has 1 aliphatic heterocycles. The Morgan fingerprint density at radius 2 is 2.36 bits per heavy atom. The van der Waals surface area contributed by atoms with Gasteiger partial charge in [-0.1, -0.05) is 6.92 Å². The van der Waals surface area contributed by atoms with Crippen LogP contribution >= 0.6 is 0 Å². The molecule has 2 rings (SSSR count). The first kappa shape index (κ1) is 10.4. The van der Waals surface area contributed by atoms with Gasteiger partial charge in [0.15, 0.2) is 0 Å². The van der Waals surface area contributed by atoms with Gasteiger partial charge in [0.1, 0.15) is 0 Å². The molecule has 1 saturated carbocycles. The molecule has 0 radical (unpaired) electrons. The minimum atomic E-state index is -0.140. The summed E-state index contributed by atoms with van der Waals surface area (Å²) in [4.78, 5) is 0. The van der Waals surface area contributed by atoms with Gasteiger partial charge in [-0.15, -0.1) is 0 Å². The standard InChI is InChI=1S/C11H21NO2/c1-2-11(6-7-14-8-11)12-9-4-3-5-10(9)13/h9-10,12-13H,2-8H2,1H3/t9-,10-,11?/m1/s1. The largest absolute Gasteiger partial charge is 0.392 e. The Morgan fingerprint density at radius 1 is 1.50 bits per heavy atom. The van der Waals surface area contributed by atoms with Crippen LogP contribution in [0, 0.1) is 0 Å². The molecular formula is C11H21NO2. The topological polar surface area (TPSA) is 41.5 Å². The van der Waals surface area contributed by atoms with E-state index in [1.165, 1.54) is 0 Å². The lowest BCUT2D eigenvalue weighted by atomic mass is 9.93. The molecule has 2 aliphatic rings. The first-order valence-corrected chi connectivity index (χ1v) is 5.79. The van der Waals surface area contributed by atoms with Crippen molar-refractivity contribution in [3.05, 3.63) is 0 Å². The predicted octanol–water partition coefficient (Wildman–Crippen LogP) is 1.06. The lowest BCUT2D eigenvalue weighted by Gasteiger charge is -2.32. The van der Waals surface area contributed by atoms with Crippen LogP contribution in [0.25, 0.3) is 0 Å². The van der Waals surface area contributed by atoms with E-state index in [1.807, 2.05) is 0 Å². The molecule has 0 aromatic carbocycles. The van der Waals surface area contributed by atoms with Crippen molar-refractivity contribution in [2.75, 3.05) is 13.2 Å². The maximum atomic E-state index is 9.76. The second kappa shape index (κ2) is 4.17. The molecule has 0 spiro atoms. The molecule has 0 amide bonds. The fourth-order valence-electron chi connectivity index (χ4n) is 2.60. The molecule has 0 aromatic heterocycles. The Morgan fingerprint density at radius 3 is 2.86 bits per heavy atom. The van der Waals surface area contributed by atoms with Crippen LogP contribution in [0.3, 0.4) is 0 Å². The summed E-state index contributed by atoms with van der Waals surface area (Å²) in [5, 5.41) is 13.4. The van der Waals surface area contributed by atoms with E-state index in [9.17, 15) is 5.11 Å². The molecular weight excluding hydrogens is 178 g/mol. The number of hydrogen-bond acceptors (Lipinski definition) is 3. The third-order valence-electron chi connectivity index (χ3n) is 3.75. The third kappa shape index (κ3) is 1.95. The fraction of sp³-hybridized carbons (Fsp3) is 1.00. The molecule has 1 aliphatic carbocycles. The van der Waals surface area contributed by atoms with Gasteiger partial charge in [-0.05, 0) is 32.1 Å². The van der Waals surface area contributed by atoms with Crippen molar-refractivity contribution in [1.29, 1.82) is 0 Å². The normalized spacial score (nSPS) is 43.3. The highest BCUT2D eigenvalue weighted by atomic mass is 16.5. The number of aliphatic hydroxyl groups excluding tert-OH is 1. The third-order valence-corrected chi connectivity index (χ3v) is 3.75. The average molecular weight is 199 g/mol. The van der Waals surface area contributed by atoms with Gasteiger partial charge in [0.2, 0.25) is 0 Å². The quantitative estimate of drug-likeness (QED) is 0.714. The Bertz CT molecular complexity index is 190. The minimum absolute atomic E-state index is 0.140. The zero-order valence-corrected chi connectivity index (χ0v) is 8.96. The van der Waals surface area contributed by atoms with Gasteiger partial charge in [0, 0.05) is 18.2 Å². The average Bonchev–Trinajstić information content (AvgIpc) is 2.79. The van der Waals surface area contributed by atoms with E-state index in [2.05, 4.69) is 12.2 Å². The van der Waals surface area contributed by atoms with Crippen molar-refractivity contribution in [3.8, 4) is 0 Å². The van der Waals surface area contributed by atoms with Crippen molar-refractivity contribution < 1.29 is 9.84 Å². The summed E-state index contributed by atoms with van der Waals surface area (Å²) < 4.78 is 5.45. The van der Waals surface area contributed by atoms with E-state index in [0.29, 0.717) is 6.04 Å². The Labute approximate surface area is 85.8 Å². The van der Waals surface area contributed by atoms with E-state index in [4.69, 9.17) is 4.74 Å². The van der Waals surface area contributed by atoms with Crippen LogP contribution in [0.2, 0.25) is 0 Å². The first-order valence-electron chi connectivity index (χ1n) is 5.79. The lowest BCUT2D eigenvalue weighted by Crippen LogP contribution is -2.52. The first-order chi connectivity index (χ1) is 6.76. The van der Waals surface area contributed by atoms with Gasteiger partial charge in [0.05, 0.1) is 12.7 Å². The van der Waals surface area contributed by atoms with E-state index in [1.54, 1.807) is 0 Å². The summed E-state index contributed by atoms with van der Waals surface area (Å²) in [6.07, 6.45) is 5.27. The minimum Gasteiger partial charge on any atom is -0.392 e. The van der Waals surface area contributed by atoms with Crippen LogP contribution in [-0.4, -0.2) is 36.0 Å². The van der Waals surface area contributed by atoms with Gasteiger partial charge in [0.25, 0.3) is 0 Å². The van der Waals surface area contributed by atoms with Crippen molar-refractivity contribution in [1.82, 2.24) is 5.32 Å². The molecule has 0 bridgehead atoms. The van der Waals surface area contributed by atoms with E-state index < -0.39 is 0 Å². The van der Waals surface area contributed by atoms with Crippen LogP contribution in [0.5, 0.6) is 0 Å². The van der Waals surface area contributed by atoms with E-state index in [0.717, 1.165) is 45.3 Å². The number of nitrogens with one attached hydrogen (secondary N) is 1. The molecule has 3 nitrogen and oxygen atoms in total. The van der Waals surface area contributed by atoms with Gasteiger partial charge >= 0.3 is 0 Å². The van der Waals surface area contributed by atoms with Gasteiger partial charge in [-0.25, -0.2) is 0 Å². The lowest BCUT2D eigenvalue weighted by molar-refractivity contribution is 0.111. The molecule has 1 saturated heterocycles. The van der Waals surface area contributed by atoms with Crippen molar-refractivity contribution in [2.45, 2.75) is 56.7 Å². The van der Waals surface area contributed by atoms with Crippen LogP contribution in [0.15, 0.2) is 0 Å². The molecule has 82 valence electrons. The fourth-order valence-corrected chi connectivity index (χ4v) is 2.60. The Hall–Kier alpha value is -0.120. The Kier molecular flexibility index (Phi) is 3.10. The predicted molar refractivity (Wildman–Crippen MR) is 55.2 cm³/mol. The Balaban J connectivity index is 1.93. The van der Waals surface area contributed by atoms with E-state index >= 15 is 0 Å². The molecule has 2 fully saturated rings. The smallest absolute Gasteiger partial charge is 0.0693 e. The number of rotatable bonds is 3. The zero-order chi connectivity index (χ0) is 10.0. The van der Waals surface area contributed by atoms with Crippen molar-refractivity contribution in [3.63, 3.8) is 0 Å². The summed E-state index contributed by atoms with van der Waals surface area (Å²) in [6, 6.07) is 0.302. The highest BCUT2D eigenvalue weighted by Gasteiger charge is 2.37. The van der Waals surface area contributed by atoms with E-state index in [-0.39, 0.29) is 11.6 Å². The maximum absolute atomic E-state index is 9.76. The second-order valence-electron chi connectivity index (χ2n) is 4.69. The summed E-state index contributed by atoms with van der Waals surface area (Å²) in [5.41, 5.74) is 0.149. The monoisotopic (exact) mass is 199 g/mol. The molecule has 0 aromatic rings. The molecule has 1 unspecified atom stereocenters. The molecule has 3 atom stereocenters. The van der Waals surface area contributed by atoms with Crippen LogP contribution in [0.4, 0.5) is 0 Å². The molecule has 3 heteroatoms. The highest BCUT2D eigenvalue weighted by molar-refractivity contribution is 4.96. The second-order valence-corrected chi connectivity index (χ2v) is 4.69. The maximum Gasteiger partial charge on any atom is 0.0693 e. The SMILES string of the molecule is CCC1(N[C@@H]2CCC[C@H]2O)CCOC1. The summed E-state index contributed by atoms with van der Waals surface area (Å²) in [7, 11) is 0. The number of aliphatic hydroxyl groups is 1. The molecule has 14 heavy (non-hydrogen) atoms. The van der Waals surface area contributed by atoms with Crippen molar-refractivity contribution in [2.24, 2.45) is 0 Å². The number of ether oxygens (including phenoxy) is 1. The summed E-state index contributed by atoms with van der Waals surface area (Å²) >= 11 is 0. The highest BCUT2D eigenvalue weighted by Crippen LogP contribution is 2.27. The molecule has 1 heterocycles. The number of hydrogen-bond donors (Lipinski definition) is 2. The van der Waals surface area contributed by atoms with Gasteiger partial charge in [-0.3, -0.25) is 0 Å². The van der Waals surface area contributed by atoms with Crippen LogP contribution in [-0.2, 0) is 4.74 Å². The zero-order valence-electron chi connectivity index (χ0n) is 8.96. The van der Waals surface area contributed by atoms with Crippen LogP contribution < -0.4 is 5.32 Å². The van der Waals surface area contributed by atoms with Crippen molar-refractivity contribution >= 4 is 0 Å². The summed E-state index contributed by atoms with van der Waals surface area (Å²) in [5.74, 6) is 0.